The minimum atomic E-state index is 0.631. The number of hydrogen-bond acceptors (Lipinski definition) is 4. The van der Waals surface area contributed by atoms with Gasteiger partial charge in [0, 0.05) is 31.4 Å². The lowest BCUT2D eigenvalue weighted by molar-refractivity contribution is 0.613. The summed E-state index contributed by atoms with van der Waals surface area (Å²) in [4.78, 5) is 11.3. The Kier molecular flexibility index (Phi) is 5.89. The molecule has 0 radical (unpaired) electrons. The lowest BCUT2D eigenvalue weighted by atomic mass is 10.2. The molecule has 102 valence electrons. The van der Waals surface area contributed by atoms with Crippen LogP contribution >= 0.6 is 0 Å². The third-order valence-electron chi connectivity index (χ3n) is 2.74. The Morgan fingerprint density at radius 2 is 2.06 bits per heavy atom. The Labute approximate surface area is 111 Å². The summed E-state index contributed by atoms with van der Waals surface area (Å²) in [5.74, 6) is 2.42. The second-order valence-corrected chi connectivity index (χ2v) is 5.06. The molecule has 4 nitrogen and oxygen atoms in total. The zero-order valence-corrected chi connectivity index (χ0v) is 12.3. The molecule has 0 spiro atoms. The van der Waals surface area contributed by atoms with Crippen LogP contribution in [-0.4, -0.2) is 29.6 Å². The van der Waals surface area contributed by atoms with E-state index in [2.05, 4.69) is 54.8 Å². The van der Waals surface area contributed by atoms with Crippen LogP contribution in [0.25, 0.3) is 0 Å². The molecule has 0 aromatic carbocycles. The normalized spacial score (nSPS) is 10.8. The van der Waals surface area contributed by atoms with Crippen LogP contribution in [0.2, 0.25) is 0 Å². The monoisotopic (exact) mass is 250 g/mol. The number of aromatic nitrogens is 2. The van der Waals surface area contributed by atoms with Gasteiger partial charge in [-0.05, 0) is 26.2 Å². The van der Waals surface area contributed by atoms with E-state index in [1.165, 1.54) is 0 Å². The van der Waals surface area contributed by atoms with Crippen molar-refractivity contribution in [1.82, 2.24) is 9.97 Å². The first-order chi connectivity index (χ1) is 8.58. The Hall–Kier alpha value is -1.32. The van der Waals surface area contributed by atoms with E-state index in [4.69, 9.17) is 0 Å². The van der Waals surface area contributed by atoms with Gasteiger partial charge in [0.15, 0.2) is 0 Å². The third-order valence-corrected chi connectivity index (χ3v) is 2.74. The molecule has 0 fully saturated rings. The van der Waals surface area contributed by atoms with Gasteiger partial charge in [-0.25, -0.2) is 4.98 Å². The van der Waals surface area contributed by atoms with Crippen molar-refractivity contribution in [3.8, 4) is 0 Å². The van der Waals surface area contributed by atoms with Gasteiger partial charge < -0.3 is 10.2 Å². The Morgan fingerprint density at radius 1 is 1.33 bits per heavy atom. The Morgan fingerprint density at radius 3 is 2.61 bits per heavy atom. The maximum Gasteiger partial charge on any atom is 0.224 e. The number of aryl methyl sites for hydroxylation is 1. The van der Waals surface area contributed by atoms with Gasteiger partial charge in [0.25, 0.3) is 0 Å². The largest absolute Gasteiger partial charge is 0.356 e. The van der Waals surface area contributed by atoms with Gasteiger partial charge in [0.05, 0.1) is 0 Å². The fraction of sp³-hybridized carbons (Fsp3) is 0.714. The molecule has 0 aliphatic carbocycles. The molecule has 0 amide bonds. The van der Waals surface area contributed by atoms with Crippen LogP contribution in [0.15, 0.2) is 6.20 Å². The average Bonchev–Trinajstić information content (AvgIpc) is 2.35. The summed E-state index contributed by atoms with van der Waals surface area (Å²) in [6.07, 6.45) is 2.99. The van der Waals surface area contributed by atoms with Crippen molar-refractivity contribution < 1.29 is 0 Å². The molecule has 0 aliphatic heterocycles. The molecule has 0 bridgehead atoms. The van der Waals surface area contributed by atoms with Crippen LogP contribution in [-0.2, 0) is 0 Å². The van der Waals surface area contributed by atoms with Gasteiger partial charge in [-0.15, -0.1) is 0 Å². The van der Waals surface area contributed by atoms with Gasteiger partial charge in [0.2, 0.25) is 5.95 Å². The molecule has 18 heavy (non-hydrogen) atoms. The molecule has 0 saturated carbocycles. The first-order valence-electron chi connectivity index (χ1n) is 6.90. The summed E-state index contributed by atoms with van der Waals surface area (Å²) in [5, 5.41) is 3.25. The van der Waals surface area contributed by atoms with E-state index >= 15 is 0 Å². The van der Waals surface area contributed by atoms with Crippen LogP contribution in [0.3, 0.4) is 0 Å². The van der Waals surface area contributed by atoms with Gasteiger partial charge in [-0.2, -0.15) is 4.98 Å². The molecule has 0 atom stereocenters. The second kappa shape index (κ2) is 7.19. The highest BCUT2D eigenvalue weighted by atomic mass is 15.2. The van der Waals surface area contributed by atoms with Gasteiger partial charge >= 0.3 is 0 Å². The zero-order chi connectivity index (χ0) is 13.5. The van der Waals surface area contributed by atoms with E-state index in [1.54, 1.807) is 0 Å². The zero-order valence-electron chi connectivity index (χ0n) is 12.3. The first-order valence-corrected chi connectivity index (χ1v) is 6.90. The van der Waals surface area contributed by atoms with Crippen LogP contribution in [0.4, 0.5) is 11.8 Å². The fourth-order valence-electron chi connectivity index (χ4n) is 1.88. The van der Waals surface area contributed by atoms with E-state index in [0.717, 1.165) is 43.4 Å². The van der Waals surface area contributed by atoms with E-state index < -0.39 is 0 Å². The molecule has 1 aromatic rings. The van der Waals surface area contributed by atoms with Crippen LogP contribution in [0.5, 0.6) is 0 Å². The van der Waals surface area contributed by atoms with Gasteiger partial charge in [-0.1, -0.05) is 20.8 Å². The van der Waals surface area contributed by atoms with E-state index in [9.17, 15) is 0 Å². The molecule has 4 heteroatoms. The number of hydrogen-bond donors (Lipinski definition) is 1. The molecule has 0 aliphatic rings. The van der Waals surface area contributed by atoms with Crippen LogP contribution in [0.1, 0.15) is 39.7 Å². The lowest BCUT2D eigenvalue weighted by Crippen LogP contribution is -2.29. The number of nitrogens with one attached hydrogen (secondary N) is 1. The summed E-state index contributed by atoms with van der Waals surface area (Å²) in [6, 6.07) is 0. The molecular formula is C14H26N4. The number of anilines is 2. The molecule has 0 unspecified atom stereocenters. The van der Waals surface area contributed by atoms with Crippen molar-refractivity contribution in [2.75, 3.05) is 29.9 Å². The Bertz CT molecular complexity index is 363. The molecule has 1 aromatic heterocycles. The van der Waals surface area contributed by atoms with Gasteiger partial charge in [0.1, 0.15) is 5.82 Å². The van der Waals surface area contributed by atoms with Crippen molar-refractivity contribution in [1.29, 1.82) is 0 Å². The van der Waals surface area contributed by atoms with Crippen LogP contribution in [0, 0.1) is 12.8 Å². The average molecular weight is 250 g/mol. The lowest BCUT2D eigenvalue weighted by Gasteiger charge is -2.25. The molecule has 1 N–H and O–H groups in total. The highest BCUT2D eigenvalue weighted by molar-refractivity contribution is 5.48. The minimum Gasteiger partial charge on any atom is -0.356 e. The maximum absolute atomic E-state index is 4.64. The SMILES string of the molecule is CCCNc1ncc(C)c(N(CC)CC(C)C)n1. The second-order valence-electron chi connectivity index (χ2n) is 5.06. The standard InChI is InChI=1S/C14H26N4/c1-6-8-15-14-16-9-12(5)13(17-14)18(7-2)10-11(3)4/h9,11H,6-8,10H2,1-5H3,(H,15,16,17). The molecule has 1 rings (SSSR count). The first kappa shape index (κ1) is 14.7. The highest BCUT2D eigenvalue weighted by Gasteiger charge is 2.12. The van der Waals surface area contributed by atoms with Gasteiger partial charge in [-0.3, -0.25) is 0 Å². The summed E-state index contributed by atoms with van der Waals surface area (Å²) >= 11 is 0. The smallest absolute Gasteiger partial charge is 0.224 e. The van der Waals surface area contributed by atoms with Crippen molar-refractivity contribution in [3.63, 3.8) is 0 Å². The Balaban J connectivity index is 2.90. The maximum atomic E-state index is 4.64. The predicted octanol–water partition coefficient (Wildman–Crippen LogP) is 3.09. The fourth-order valence-corrected chi connectivity index (χ4v) is 1.88. The third kappa shape index (κ3) is 4.17. The minimum absolute atomic E-state index is 0.631. The van der Waals surface area contributed by atoms with Crippen molar-refractivity contribution >= 4 is 11.8 Å². The summed E-state index contributed by atoms with van der Waals surface area (Å²) in [7, 11) is 0. The number of nitrogens with zero attached hydrogens (tertiary/aromatic N) is 3. The highest BCUT2D eigenvalue weighted by Crippen LogP contribution is 2.19. The number of rotatable bonds is 7. The topological polar surface area (TPSA) is 41.1 Å². The van der Waals surface area contributed by atoms with Crippen LogP contribution < -0.4 is 10.2 Å². The van der Waals surface area contributed by atoms with E-state index in [0.29, 0.717) is 5.92 Å². The van der Waals surface area contributed by atoms with E-state index in [-0.39, 0.29) is 0 Å². The molecule has 1 heterocycles. The summed E-state index contributed by atoms with van der Waals surface area (Å²) < 4.78 is 0. The quantitative estimate of drug-likeness (QED) is 0.807. The van der Waals surface area contributed by atoms with Crippen molar-refractivity contribution in [2.45, 2.75) is 41.0 Å². The molecule has 0 saturated heterocycles. The summed E-state index contributed by atoms with van der Waals surface area (Å²) in [5.41, 5.74) is 1.14. The summed E-state index contributed by atoms with van der Waals surface area (Å²) in [6.45, 7) is 13.8. The predicted molar refractivity (Wildman–Crippen MR) is 78.3 cm³/mol. The van der Waals surface area contributed by atoms with E-state index in [1.807, 2.05) is 6.20 Å². The van der Waals surface area contributed by atoms with Crippen molar-refractivity contribution in [2.24, 2.45) is 5.92 Å². The van der Waals surface area contributed by atoms with Crippen molar-refractivity contribution in [3.05, 3.63) is 11.8 Å². The molecular weight excluding hydrogens is 224 g/mol.